The molecular formula is C14H15NO3. The number of phenols is 1. The third-order valence-corrected chi connectivity index (χ3v) is 3.01. The smallest absolute Gasteiger partial charge is 0.289 e. The maximum absolute atomic E-state index is 12.1. The van der Waals surface area contributed by atoms with E-state index in [2.05, 4.69) is 0 Å². The Morgan fingerprint density at radius 2 is 1.94 bits per heavy atom. The number of nitrogens with zero attached hydrogens (tertiary/aromatic N) is 1. The van der Waals surface area contributed by atoms with Gasteiger partial charge in [-0.3, -0.25) is 4.79 Å². The minimum absolute atomic E-state index is 0.0943. The van der Waals surface area contributed by atoms with E-state index in [9.17, 15) is 9.90 Å². The number of amides is 1. The van der Waals surface area contributed by atoms with E-state index in [1.807, 2.05) is 6.92 Å². The number of furan rings is 1. The average molecular weight is 245 g/mol. The van der Waals surface area contributed by atoms with Crippen molar-refractivity contribution in [3.8, 4) is 5.75 Å². The number of carbonyl (C=O) groups excluding carboxylic acids is 1. The molecule has 1 amide bonds. The normalized spacial score (nSPS) is 12.1. The summed E-state index contributed by atoms with van der Waals surface area (Å²) in [6.07, 6.45) is 1.48. The molecule has 0 fully saturated rings. The van der Waals surface area contributed by atoms with Gasteiger partial charge >= 0.3 is 0 Å². The second-order valence-electron chi connectivity index (χ2n) is 4.16. The van der Waals surface area contributed by atoms with Crippen molar-refractivity contribution < 1.29 is 14.3 Å². The summed E-state index contributed by atoms with van der Waals surface area (Å²) in [6.45, 7) is 1.92. The van der Waals surface area contributed by atoms with E-state index < -0.39 is 0 Å². The van der Waals surface area contributed by atoms with E-state index in [4.69, 9.17) is 4.42 Å². The molecule has 1 N–H and O–H groups in total. The first-order valence-corrected chi connectivity index (χ1v) is 5.69. The first-order chi connectivity index (χ1) is 8.59. The van der Waals surface area contributed by atoms with Crippen molar-refractivity contribution in [2.75, 3.05) is 7.05 Å². The van der Waals surface area contributed by atoms with E-state index in [-0.39, 0.29) is 17.7 Å². The van der Waals surface area contributed by atoms with E-state index >= 15 is 0 Å². The standard InChI is InChI=1S/C14H15NO3/c1-10(11-5-7-12(16)8-6-11)15(2)14(17)13-4-3-9-18-13/h3-10,16H,1-2H3. The molecule has 0 aliphatic rings. The Bertz CT molecular complexity index is 516. The Labute approximate surface area is 105 Å². The zero-order valence-corrected chi connectivity index (χ0v) is 10.3. The van der Waals surface area contributed by atoms with Gasteiger partial charge in [0.15, 0.2) is 5.76 Å². The highest BCUT2D eigenvalue weighted by atomic mass is 16.3. The van der Waals surface area contributed by atoms with Gasteiger partial charge in [0.25, 0.3) is 5.91 Å². The molecule has 0 radical (unpaired) electrons. The summed E-state index contributed by atoms with van der Waals surface area (Å²) in [5, 5.41) is 9.24. The van der Waals surface area contributed by atoms with Crippen LogP contribution in [0.25, 0.3) is 0 Å². The van der Waals surface area contributed by atoms with Crippen LogP contribution in [-0.2, 0) is 0 Å². The number of hydrogen-bond acceptors (Lipinski definition) is 3. The van der Waals surface area contributed by atoms with E-state index in [1.165, 1.54) is 6.26 Å². The first-order valence-electron chi connectivity index (χ1n) is 5.69. The number of phenolic OH excluding ortho intramolecular Hbond substituents is 1. The van der Waals surface area contributed by atoms with Gasteiger partial charge in [-0.25, -0.2) is 0 Å². The van der Waals surface area contributed by atoms with Gasteiger partial charge in [0.2, 0.25) is 0 Å². The van der Waals surface area contributed by atoms with Crippen molar-refractivity contribution in [3.05, 3.63) is 54.0 Å². The maximum atomic E-state index is 12.1. The lowest BCUT2D eigenvalue weighted by molar-refractivity contribution is 0.0710. The van der Waals surface area contributed by atoms with Crippen LogP contribution in [0.1, 0.15) is 29.1 Å². The Balaban J connectivity index is 2.16. The summed E-state index contributed by atoms with van der Waals surface area (Å²) in [6, 6.07) is 10.0. The van der Waals surface area contributed by atoms with Crippen molar-refractivity contribution in [2.24, 2.45) is 0 Å². The summed E-state index contributed by atoms with van der Waals surface area (Å²) in [5.41, 5.74) is 0.954. The highest BCUT2D eigenvalue weighted by molar-refractivity contribution is 5.91. The van der Waals surface area contributed by atoms with Gasteiger partial charge in [0.05, 0.1) is 12.3 Å². The Morgan fingerprint density at radius 3 is 2.50 bits per heavy atom. The molecule has 94 valence electrons. The topological polar surface area (TPSA) is 53.7 Å². The second-order valence-corrected chi connectivity index (χ2v) is 4.16. The molecule has 0 bridgehead atoms. The van der Waals surface area contributed by atoms with Crippen LogP contribution in [0, 0.1) is 0 Å². The molecule has 0 aliphatic heterocycles. The SMILES string of the molecule is CC(c1ccc(O)cc1)N(C)C(=O)c1ccco1. The zero-order chi connectivity index (χ0) is 13.1. The lowest BCUT2D eigenvalue weighted by Gasteiger charge is -2.24. The van der Waals surface area contributed by atoms with Gasteiger partial charge in [-0.1, -0.05) is 12.1 Å². The summed E-state index contributed by atoms with van der Waals surface area (Å²) in [4.78, 5) is 13.7. The molecule has 18 heavy (non-hydrogen) atoms. The van der Waals surface area contributed by atoms with Gasteiger partial charge in [-0.05, 0) is 36.8 Å². The van der Waals surface area contributed by atoms with Crippen molar-refractivity contribution in [2.45, 2.75) is 13.0 Å². The van der Waals surface area contributed by atoms with Crippen molar-refractivity contribution in [1.82, 2.24) is 4.90 Å². The second kappa shape index (κ2) is 4.96. The summed E-state index contributed by atoms with van der Waals surface area (Å²) < 4.78 is 5.09. The van der Waals surface area contributed by atoms with E-state index in [1.54, 1.807) is 48.3 Å². The fourth-order valence-corrected chi connectivity index (χ4v) is 1.73. The fourth-order valence-electron chi connectivity index (χ4n) is 1.73. The molecule has 1 aromatic heterocycles. The molecule has 0 saturated carbocycles. The van der Waals surface area contributed by atoms with Crippen LogP contribution in [0.15, 0.2) is 47.1 Å². The van der Waals surface area contributed by atoms with Crippen LogP contribution >= 0.6 is 0 Å². The van der Waals surface area contributed by atoms with E-state index in [0.717, 1.165) is 5.56 Å². The van der Waals surface area contributed by atoms with Gasteiger partial charge < -0.3 is 14.4 Å². The minimum Gasteiger partial charge on any atom is -0.508 e. The Kier molecular flexibility index (Phi) is 3.37. The molecule has 2 aromatic rings. The third kappa shape index (κ3) is 2.37. The zero-order valence-electron chi connectivity index (χ0n) is 10.3. The largest absolute Gasteiger partial charge is 0.508 e. The molecule has 1 atom stereocenters. The average Bonchev–Trinajstić information content (AvgIpc) is 2.91. The molecule has 1 aromatic carbocycles. The predicted molar refractivity (Wildman–Crippen MR) is 67.3 cm³/mol. The molecule has 4 nitrogen and oxygen atoms in total. The highest BCUT2D eigenvalue weighted by Gasteiger charge is 2.20. The Morgan fingerprint density at radius 1 is 1.28 bits per heavy atom. The van der Waals surface area contributed by atoms with Crippen LogP contribution in [0.3, 0.4) is 0 Å². The predicted octanol–water partition coefficient (Wildman–Crippen LogP) is 2.82. The minimum atomic E-state index is -0.166. The molecular weight excluding hydrogens is 230 g/mol. The van der Waals surface area contributed by atoms with Gasteiger partial charge in [0.1, 0.15) is 5.75 Å². The monoisotopic (exact) mass is 245 g/mol. The maximum Gasteiger partial charge on any atom is 0.289 e. The van der Waals surface area contributed by atoms with Crippen LogP contribution in [0.5, 0.6) is 5.75 Å². The van der Waals surface area contributed by atoms with Crippen LogP contribution in [0.2, 0.25) is 0 Å². The van der Waals surface area contributed by atoms with Gasteiger partial charge in [-0.2, -0.15) is 0 Å². The van der Waals surface area contributed by atoms with Crippen molar-refractivity contribution in [1.29, 1.82) is 0 Å². The molecule has 0 aliphatic carbocycles. The Hall–Kier alpha value is -2.23. The number of rotatable bonds is 3. The highest BCUT2D eigenvalue weighted by Crippen LogP contribution is 2.22. The molecule has 0 spiro atoms. The summed E-state index contributed by atoms with van der Waals surface area (Å²) in [7, 11) is 1.72. The fraction of sp³-hybridized carbons (Fsp3) is 0.214. The third-order valence-electron chi connectivity index (χ3n) is 3.01. The molecule has 1 heterocycles. The molecule has 4 heteroatoms. The summed E-state index contributed by atoms with van der Waals surface area (Å²) >= 11 is 0. The lowest BCUT2D eigenvalue weighted by atomic mass is 10.1. The first kappa shape index (κ1) is 12.2. The van der Waals surface area contributed by atoms with Gasteiger partial charge in [-0.15, -0.1) is 0 Å². The van der Waals surface area contributed by atoms with Gasteiger partial charge in [0, 0.05) is 7.05 Å². The number of carbonyl (C=O) groups is 1. The summed E-state index contributed by atoms with van der Waals surface area (Å²) in [5.74, 6) is 0.370. The van der Waals surface area contributed by atoms with Crippen LogP contribution in [-0.4, -0.2) is 23.0 Å². The molecule has 1 unspecified atom stereocenters. The number of hydrogen-bond donors (Lipinski definition) is 1. The number of benzene rings is 1. The van der Waals surface area contributed by atoms with Crippen LogP contribution < -0.4 is 0 Å². The lowest BCUT2D eigenvalue weighted by Crippen LogP contribution is -2.29. The van der Waals surface area contributed by atoms with E-state index in [0.29, 0.717) is 5.76 Å². The van der Waals surface area contributed by atoms with Crippen LogP contribution in [0.4, 0.5) is 0 Å². The molecule has 0 saturated heterocycles. The number of aromatic hydroxyl groups is 1. The van der Waals surface area contributed by atoms with Crippen molar-refractivity contribution in [3.63, 3.8) is 0 Å². The van der Waals surface area contributed by atoms with Crippen molar-refractivity contribution >= 4 is 5.91 Å². The quantitative estimate of drug-likeness (QED) is 0.904. The molecule has 2 rings (SSSR count).